The molecule has 122 valence electrons. The van der Waals surface area contributed by atoms with Crippen LogP contribution in [-0.2, 0) is 0 Å². The van der Waals surface area contributed by atoms with E-state index in [2.05, 4.69) is 16.2 Å². The molecule has 0 amide bonds. The molecule has 0 fully saturated rings. The van der Waals surface area contributed by atoms with Gasteiger partial charge in [-0.2, -0.15) is 0 Å². The van der Waals surface area contributed by atoms with E-state index in [4.69, 9.17) is 11.5 Å². The van der Waals surface area contributed by atoms with Gasteiger partial charge in [-0.15, -0.1) is 0 Å². The molecular formula is C16H33N5. The maximum Gasteiger partial charge on any atom is 0.0238 e. The average molecular weight is 295 g/mol. The van der Waals surface area contributed by atoms with Crippen molar-refractivity contribution in [2.24, 2.45) is 11.5 Å². The van der Waals surface area contributed by atoms with Crippen LogP contribution in [0.4, 0.5) is 0 Å². The third-order valence-electron chi connectivity index (χ3n) is 2.82. The Bertz CT molecular complexity index is 286. The van der Waals surface area contributed by atoms with Gasteiger partial charge in [-0.25, -0.2) is 0 Å². The summed E-state index contributed by atoms with van der Waals surface area (Å²) in [5, 5.41) is 3.40. The molecule has 0 saturated carbocycles. The lowest BCUT2D eigenvalue weighted by atomic mass is 10.2. The molecule has 0 aliphatic carbocycles. The van der Waals surface area contributed by atoms with Crippen molar-refractivity contribution in [2.45, 2.75) is 32.2 Å². The Morgan fingerprint density at radius 1 is 0.905 bits per heavy atom. The summed E-state index contributed by atoms with van der Waals surface area (Å²) >= 11 is 0. The molecule has 0 aromatic rings. The molecule has 0 aliphatic rings. The van der Waals surface area contributed by atoms with Gasteiger partial charge in [0.25, 0.3) is 0 Å². The van der Waals surface area contributed by atoms with Gasteiger partial charge in [0, 0.05) is 19.1 Å². The van der Waals surface area contributed by atoms with Crippen LogP contribution in [0.25, 0.3) is 0 Å². The van der Waals surface area contributed by atoms with Crippen LogP contribution in [0.1, 0.15) is 26.2 Å². The fraction of sp³-hybridized carbons (Fsp3) is 0.625. The zero-order valence-corrected chi connectivity index (χ0v) is 13.4. The molecular weight excluding hydrogens is 262 g/mol. The van der Waals surface area contributed by atoms with Crippen LogP contribution in [0.5, 0.6) is 0 Å². The summed E-state index contributed by atoms with van der Waals surface area (Å²) in [5.74, 6) is 0. The van der Waals surface area contributed by atoms with Crippen molar-refractivity contribution in [1.29, 1.82) is 0 Å². The third kappa shape index (κ3) is 17.0. The predicted octanol–water partition coefficient (Wildman–Crippen LogP) is 0.815. The van der Waals surface area contributed by atoms with E-state index in [1.54, 1.807) is 0 Å². The molecule has 5 heteroatoms. The van der Waals surface area contributed by atoms with Crippen LogP contribution in [-0.4, -0.2) is 38.8 Å². The van der Waals surface area contributed by atoms with Crippen LogP contribution < -0.4 is 27.6 Å². The fourth-order valence-corrected chi connectivity index (χ4v) is 1.61. The molecule has 0 aromatic carbocycles. The van der Waals surface area contributed by atoms with E-state index in [9.17, 15) is 0 Å². The van der Waals surface area contributed by atoms with Crippen molar-refractivity contribution >= 4 is 0 Å². The first-order valence-electron chi connectivity index (χ1n) is 7.89. The van der Waals surface area contributed by atoms with E-state index >= 15 is 0 Å². The number of hydrogen-bond donors (Lipinski definition) is 5. The summed E-state index contributed by atoms with van der Waals surface area (Å²) in [5.41, 5.74) is 17.7. The van der Waals surface area contributed by atoms with E-state index in [-0.39, 0.29) is 6.04 Å². The second-order valence-corrected chi connectivity index (χ2v) is 4.85. The minimum Gasteiger partial charge on any atom is -0.330 e. The van der Waals surface area contributed by atoms with Gasteiger partial charge in [0.2, 0.25) is 0 Å². The van der Waals surface area contributed by atoms with Crippen LogP contribution >= 0.6 is 0 Å². The van der Waals surface area contributed by atoms with Crippen molar-refractivity contribution in [1.82, 2.24) is 16.2 Å². The molecule has 0 spiro atoms. The highest BCUT2D eigenvalue weighted by molar-refractivity contribution is 5.12. The first kappa shape index (κ1) is 20.0. The molecule has 1 unspecified atom stereocenters. The van der Waals surface area contributed by atoms with Gasteiger partial charge in [-0.05, 0) is 45.8 Å². The topological polar surface area (TPSA) is 88.1 Å². The Labute approximate surface area is 129 Å². The first-order valence-corrected chi connectivity index (χ1v) is 7.89. The van der Waals surface area contributed by atoms with Crippen molar-refractivity contribution in [3.05, 3.63) is 36.5 Å². The van der Waals surface area contributed by atoms with Crippen LogP contribution in [0, 0.1) is 0 Å². The maximum atomic E-state index is 5.99. The molecule has 0 radical (unpaired) electrons. The third-order valence-corrected chi connectivity index (χ3v) is 2.82. The van der Waals surface area contributed by atoms with Gasteiger partial charge in [-0.3, -0.25) is 10.9 Å². The summed E-state index contributed by atoms with van der Waals surface area (Å²) in [6, 6.07) is 0.115. The number of allylic oxidation sites excluding steroid dienone is 5. The Morgan fingerprint density at radius 2 is 1.62 bits per heavy atom. The minimum absolute atomic E-state index is 0.115. The summed E-state index contributed by atoms with van der Waals surface area (Å²) in [6.45, 7) is 6.56. The van der Waals surface area contributed by atoms with E-state index in [1.165, 1.54) is 0 Å². The fourth-order valence-electron chi connectivity index (χ4n) is 1.61. The van der Waals surface area contributed by atoms with Crippen LogP contribution in [0.15, 0.2) is 36.5 Å². The summed E-state index contributed by atoms with van der Waals surface area (Å²) in [7, 11) is 0. The Balaban J connectivity index is 3.30. The molecule has 1 atom stereocenters. The summed E-state index contributed by atoms with van der Waals surface area (Å²) in [6.07, 6.45) is 15.1. The van der Waals surface area contributed by atoms with E-state index in [0.717, 1.165) is 52.0 Å². The lowest BCUT2D eigenvalue weighted by Crippen LogP contribution is -2.35. The monoisotopic (exact) mass is 295 g/mol. The number of nitrogens with one attached hydrogen (secondary N) is 3. The van der Waals surface area contributed by atoms with Gasteiger partial charge in [-0.1, -0.05) is 36.5 Å². The smallest absolute Gasteiger partial charge is 0.0238 e. The molecule has 0 saturated heterocycles. The summed E-state index contributed by atoms with van der Waals surface area (Å²) in [4.78, 5) is 0. The van der Waals surface area contributed by atoms with Gasteiger partial charge in [0.1, 0.15) is 0 Å². The molecule has 5 nitrogen and oxygen atoms in total. The average Bonchev–Trinajstić information content (AvgIpc) is 2.49. The van der Waals surface area contributed by atoms with Crippen LogP contribution in [0.2, 0.25) is 0 Å². The zero-order chi connectivity index (χ0) is 15.6. The molecule has 21 heavy (non-hydrogen) atoms. The lowest BCUT2D eigenvalue weighted by molar-refractivity contribution is 0.499. The van der Waals surface area contributed by atoms with E-state index in [0.29, 0.717) is 0 Å². The van der Waals surface area contributed by atoms with Gasteiger partial charge >= 0.3 is 0 Å². The Kier molecular flexibility index (Phi) is 16.3. The molecule has 0 rings (SSSR count). The van der Waals surface area contributed by atoms with E-state index < -0.39 is 0 Å². The highest BCUT2D eigenvalue weighted by atomic mass is 15.3. The largest absolute Gasteiger partial charge is 0.330 e. The highest BCUT2D eigenvalue weighted by Gasteiger charge is 1.95. The molecule has 0 aliphatic heterocycles. The maximum absolute atomic E-state index is 5.99. The second kappa shape index (κ2) is 17.1. The Morgan fingerprint density at radius 3 is 2.33 bits per heavy atom. The molecule has 7 N–H and O–H groups in total. The van der Waals surface area contributed by atoms with Gasteiger partial charge in [0.05, 0.1) is 0 Å². The second-order valence-electron chi connectivity index (χ2n) is 4.85. The van der Waals surface area contributed by atoms with Crippen molar-refractivity contribution < 1.29 is 0 Å². The van der Waals surface area contributed by atoms with Crippen LogP contribution in [0.3, 0.4) is 0 Å². The van der Waals surface area contributed by atoms with E-state index in [1.807, 2.05) is 43.4 Å². The molecule has 0 bridgehead atoms. The Hall–Kier alpha value is -0.980. The minimum atomic E-state index is 0.115. The molecule has 0 heterocycles. The highest BCUT2D eigenvalue weighted by Crippen LogP contribution is 1.90. The zero-order valence-electron chi connectivity index (χ0n) is 13.4. The van der Waals surface area contributed by atoms with Gasteiger partial charge in [0.15, 0.2) is 0 Å². The molecule has 0 aromatic heterocycles. The predicted molar refractivity (Wildman–Crippen MR) is 92.8 cm³/mol. The van der Waals surface area contributed by atoms with Gasteiger partial charge < -0.3 is 16.8 Å². The first-order chi connectivity index (χ1) is 10.3. The van der Waals surface area contributed by atoms with Crippen molar-refractivity contribution in [2.75, 3.05) is 32.7 Å². The van der Waals surface area contributed by atoms with Crippen molar-refractivity contribution in [3.8, 4) is 0 Å². The quantitative estimate of drug-likeness (QED) is 0.186. The number of hydrazine groups is 1. The normalized spacial score (nSPS) is 13.9. The number of hydrogen-bond acceptors (Lipinski definition) is 5. The SMILES string of the molecule is C\C=C/C=C\C=C\C(N)CCNCCCNNCCCN. The summed E-state index contributed by atoms with van der Waals surface area (Å²) < 4.78 is 0. The standard InChI is InChI=1S/C16H33N5/c1-2-3-4-5-6-9-16(18)10-15-19-12-8-14-21-20-13-7-11-17/h2-6,9,16,19-21H,7-8,10-15,17-18H2,1H3/b3-2-,5-4-,9-6+. The number of nitrogens with two attached hydrogens (primary N) is 2. The lowest BCUT2D eigenvalue weighted by Gasteiger charge is -2.09. The number of rotatable bonds is 14. The van der Waals surface area contributed by atoms with Crippen molar-refractivity contribution in [3.63, 3.8) is 0 Å².